The van der Waals surface area contributed by atoms with Gasteiger partial charge in [-0.1, -0.05) is 196 Å². The van der Waals surface area contributed by atoms with Crippen LogP contribution < -0.4 is 4.90 Å². The van der Waals surface area contributed by atoms with Gasteiger partial charge in [0.25, 0.3) is 0 Å². The van der Waals surface area contributed by atoms with Gasteiger partial charge in [0.05, 0.1) is 22.4 Å². The highest BCUT2D eigenvalue weighted by Gasteiger charge is 2.36. The van der Waals surface area contributed by atoms with Gasteiger partial charge in [-0.2, -0.15) is 0 Å². The van der Waals surface area contributed by atoms with Crippen molar-refractivity contribution in [2.75, 3.05) is 4.90 Å². The van der Waals surface area contributed by atoms with Gasteiger partial charge in [0, 0.05) is 38.3 Å². The van der Waals surface area contributed by atoms with E-state index >= 15 is 0 Å². The Bertz CT molecular complexity index is 3900. The second kappa shape index (κ2) is 15.3. The Balaban J connectivity index is 0.944. The molecule has 67 heavy (non-hydrogen) atoms. The van der Waals surface area contributed by atoms with Crippen LogP contribution in [0.25, 0.3) is 93.5 Å². The third kappa shape index (κ3) is 6.25. The minimum Gasteiger partial charge on any atom is -0.310 e. The molecule has 316 valence electrons. The van der Waals surface area contributed by atoms with Gasteiger partial charge >= 0.3 is 0 Å². The number of aromatic nitrogens is 1. The fraction of sp³-hybridized carbons (Fsp3) is 0.0462. The van der Waals surface area contributed by atoms with E-state index in [-0.39, 0.29) is 5.41 Å². The van der Waals surface area contributed by atoms with Crippen LogP contribution in [0, 0.1) is 0 Å². The summed E-state index contributed by atoms with van der Waals surface area (Å²) >= 11 is 0. The first-order chi connectivity index (χ1) is 33.0. The Morgan fingerprint density at radius 2 is 0.910 bits per heavy atom. The molecular formula is C65H46N2. The van der Waals surface area contributed by atoms with Crippen LogP contribution in [0.15, 0.2) is 243 Å². The summed E-state index contributed by atoms with van der Waals surface area (Å²) in [7, 11) is 0. The zero-order valence-electron chi connectivity index (χ0n) is 37.5. The topological polar surface area (TPSA) is 8.17 Å². The maximum absolute atomic E-state index is 2.48. The van der Waals surface area contributed by atoms with E-state index in [9.17, 15) is 0 Å². The van der Waals surface area contributed by atoms with Crippen molar-refractivity contribution in [2.24, 2.45) is 0 Å². The average molecular weight is 855 g/mol. The predicted octanol–water partition coefficient (Wildman–Crippen LogP) is 17.9. The molecule has 1 aliphatic rings. The van der Waals surface area contributed by atoms with E-state index < -0.39 is 0 Å². The summed E-state index contributed by atoms with van der Waals surface area (Å²) in [6, 6.07) is 89.5. The quantitative estimate of drug-likeness (QED) is 0.155. The number of nitrogens with zero attached hydrogens (tertiary/aromatic N) is 2. The molecule has 0 spiro atoms. The van der Waals surface area contributed by atoms with Gasteiger partial charge in [0.2, 0.25) is 0 Å². The molecular weight excluding hydrogens is 809 g/mol. The molecule has 0 fully saturated rings. The van der Waals surface area contributed by atoms with E-state index in [1.54, 1.807) is 0 Å². The molecule has 1 aromatic heterocycles. The summed E-state index contributed by atoms with van der Waals surface area (Å²) in [4.78, 5) is 2.48. The summed E-state index contributed by atoms with van der Waals surface area (Å²) < 4.78 is 2.43. The van der Waals surface area contributed by atoms with Gasteiger partial charge in [-0.15, -0.1) is 0 Å². The molecule has 1 aliphatic carbocycles. The number of para-hydroxylation sites is 1. The highest BCUT2D eigenvalue weighted by molar-refractivity contribution is 6.12. The third-order valence-corrected chi connectivity index (χ3v) is 14.4. The van der Waals surface area contributed by atoms with Gasteiger partial charge in [0.1, 0.15) is 0 Å². The monoisotopic (exact) mass is 854 g/mol. The molecule has 0 saturated carbocycles. The van der Waals surface area contributed by atoms with E-state index in [2.05, 4.69) is 266 Å². The van der Waals surface area contributed by atoms with Crippen molar-refractivity contribution in [3.05, 3.63) is 254 Å². The maximum Gasteiger partial charge on any atom is 0.0541 e. The standard InChI is InChI=1S/C65H46N2/c1-65(2)59-30-12-10-27-54(59)55-35-34-50(42-60(55)65)66(63-38-36-51(43-17-4-3-5-18-43)53-26-8-9-28-56(53)63)49-24-15-23-47(40-49)45-21-14-22-46(39-45)48-33-37-64-58(41-48)57-29-11-13-31-62(57)67(64)61-32-16-20-44-19-6-7-25-52(44)61/h3-42H,1-2H3. The lowest BCUT2D eigenvalue weighted by Crippen LogP contribution is -2.16. The molecule has 0 atom stereocenters. The molecule has 12 aromatic rings. The number of benzene rings is 11. The summed E-state index contributed by atoms with van der Waals surface area (Å²) in [5.41, 5.74) is 19.4. The van der Waals surface area contributed by atoms with Crippen molar-refractivity contribution < 1.29 is 0 Å². The van der Waals surface area contributed by atoms with Crippen LogP contribution in [0.2, 0.25) is 0 Å². The normalized spacial score (nSPS) is 12.7. The number of fused-ring (bicyclic) bond motifs is 8. The number of rotatable bonds is 7. The van der Waals surface area contributed by atoms with Crippen molar-refractivity contribution in [2.45, 2.75) is 19.3 Å². The first kappa shape index (κ1) is 39.0. The van der Waals surface area contributed by atoms with Crippen molar-refractivity contribution >= 4 is 60.4 Å². The van der Waals surface area contributed by atoms with Crippen LogP contribution in [0.5, 0.6) is 0 Å². The molecule has 0 N–H and O–H groups in total. The Morgan fingerprint density at radius 3 is 1.76 bits per heavy atom. The first-order valence-electron chi connectivity index (χ1n) is 23.3. The highest BCUT2D eigenvalue weighted by atomic mass is 15.1. The van der Waals surface area contributed by atoms with E-state index in [4.69, 9.17) is 0 Å². The van der Waals surface area contributed by atoms with Crippen molar-refractivity contribution in [3.63, 3.8) is 0 Å². The Morgan fingerprint density at radius 1 is 0.328 bits per heavy atom. The lowest BCUT2D eigenvalue weighted by Gasteiger charge is -2.30. The molecule has 0 aliphatic heterocycles. The van der Waals surface area contributed by atoms with Crippen molar-refractivity contribution in [1.82, 2.24) is 4.57 Å². The van der Waals surface area contributed by atoms with Crippen LogP contribution in [0.4, 0.5) is 17.1 Å². The van der Waals surface area contributed by atoms with Gasteiger partial charge in [-0.25, -0.2) is 0 Å². The maximum atomic E-state index is 2.48. The molecule has 0 amide bonds. The van der Waals surface area contributed by atoms with Crippen LogP contribution in [0.3, 0.4) is 0 Å². The second-order valence-electron chi connectivity index (χ2n) is 18.5. The molecule has 0 bridgehead atoms. The predicted molar refractivity (Wildman–Crippen MR) is 284 cm³/mol. The van der Waals surface area contributed by atoms with Gasteiger partial charge in [0.15, 0.2) is 0 Å². The van der Waals surface area contributed by atoms with E-state index in [0.29, 0.717) is 0 Å². The Kier molecular flexibility index (Phi) is 8.91. The summed E-state index contributed by atoms with van der Waals surface area (Å²) in [6.07, 6.45) is 0. The van der Waals surface area contributed by atoms with E-state index in [1.807, 2.05) is 0 Å². The van der Waals surface area contributed by atoms with E-state index in [1.165, 1.54) is 99.1 Å². The zero-order valence-corrected chi connectivity index (χ0v) is 37.5. The Labute approximate surface area is 391 Å². The molecule has 0 unspecified atom stereocenters. The molecule has 2 nitrogen and oxygen atoms in total. The number of anilines is 3. The van der Waals surface area contributed by atoms with Crippen molar-refractivity contribution in [1.29, 1.82) is 0 Å². The summed E-state index contributed by atoms with van der Waals surface area (Å²) in [6.45, 7) is 4.73. The fourth-order valence-corrected chi connectivity index (χ4v) is 11.1. The number of hydrogen-bond donors (Lipinski definition) is 0. The SMILES string of the molecule is CC1(C)c2ccccc2-c2ccc(N(c3cccc(-c4cccc(-c5ccc6c(c5)c5ccccc5n6-c5cccc6ccccc56)c4)c3)c3ccc(-c4ccccc4)c4ccccc34)cc21. The van der Waals surface area contributed by atoms with Crippen LogP contribution in [-0.4, -0.2) is 4.57 Å². The number of hydrogen-bond acceptors (Lipinski definition) is 1. The minimum absolute atomic E-state index is 0.136. The van der Waals surface area contributed by atoms with Gasteiger partial charge < -0.3 is 9.47 Å². The second-order valence-corrected chi connectivity index (χ2v) is 18.5. The molecule has 0 radical (unpaired) electrons. The highest BCUT2D eigenvalue weighted by Crippen LogP contribution is 2.51. The Hall–Kier alpha value is -8.46. The first-order valence-corrected chi connectivity index (χ1v) is 23.3. The van der Waals surface area contributed by atoms with Gasteiger partial charge in [-0.3, -0.25) is 0 Å². The summed E-state index contributed by atoms with van der Waals surface area (Å²) in [5, 5.41) is 7.41. The lowest BCUT2D eigenvalue weighted by molar-refractivity contribution is 0.660. The van der Waals surface area contributed by atoms with Crippen LogP contribution in [-0.2, 0) is 5.41 Å². The van der Waals surface area contributed by atoms with Crippen molar-refractivity contribution in [3.8, 4) is 50.2 Å². The minimum atomic E-state index is -0.136. The molecule has 13 rings (SSSR count). The molecule has 0 saturated heterocycles. The lowest BCUT2D eigenvalue weighted by atomic mass is 9.82. The smallest absolute Gasteiger partial charge is 0.0541 e. The molecule has 2 heteroatoms. The zero-order chi connectivity index (χ0) is 44.6. The fourth-order valence-electron chi connectivity index (χ4n) is 11.1. The molecule has 1 heterocycles. The van der Waals surface area contributed by atoms with Gasteiger partial charge in [-0.05, 0) is 127 Å². The largest absolute Gasteiger partial charge is 0.310 e. The third-order valence-electron chi connectivity index (χ3n) is 14.4. The average Bonchev–Trinajstić information content (AvgIpc) is 3.84. The summed E-state index contributed by atoms with van der Waals surface area (Å²) in [5.74, 6) is 0. The van der Waals surface area contributed by atoms with E-state index in [0.717, 1.165) is 22.6 Å². The molecule has 11 aromatic carbocycles. The van der Waals surface area contributed by atoms with Crippen LogP contribution in [0.1, 0.15) is 25.0 Å². The van der Waals surface area contributed by atoms with Crippen LogP contribution >= 0.6 is 0 Å².